The lowest BCUT2D eigenvalue weighted by molar-refractivity contribution is -0.131. The van der Waals surface area contributed by atoms with Crippen LogP contribution in [0.2, 0.25) is 0 Å². The van der Waals surface area contributed by atoms with Crippen LogP contribution in [-0.2, 0) is 11.3 Å². The monoisotopic (exact) mass is 369 g/mol. The first-order valence-electron chi connectivity index (χ1n) is 8.99. The van der Waals surface area contributed by atoms with E-state index in [0.29, 0.717) is 13.1 Å². The predicted molar refractivity (Wildman–Crippen MR) is 104 cm³/mol. The Labute approximate surface area is 160 Å². The summed E-state index contributed by atoms with van der Waals surface area (Å²) < 4.78 is 0. The fourth-order valence-corrected chi connectivity index (χ4v) is 2.46. The molecular weight excluding hydrogens is 342 g/mol. The molecule has 2 rings (SSSR count). The highest BCUT2D eigenvalue weighted by molar-refractivity contribution is 5.92. The molecule has 0 spiro atoms. The van der Waals surface area contributed by atoms with Crippen LogP contribution in [-0.4, -0.2) is 65.3 Å². The van der Waals surface area contributed by atoms with Gasteiger partial charge in [-0.3, -0.25) is 14.6 Å². The lowest BCUT2D eigenvalue weighted by Gasteiger charge is -2.24. The van der Waals surface area contributed by atoms with E-state index in [1.165, 1.54) is 6.20 Å². The van der Waals surface area contributed by atoms with Crippen molar-refractivity contribution < 1.29 is 9.59 Å². The maximum absolute atomic E-state index is 12.7. The Kier molecular flexibility index (Phi) is 7.88. The number of benzene rings is 1. The Balaban J connectivity index is 1.88. The summed E-state index contributed by atoms with van der Waals surface area (Å²) in [6, 6.07) is 9.90. The minimum absolute atomic E-state index is 0.0102. The molecule has 1 N–H and O–H groups in total. The summed E-state index contributed by atoms with van der Waals surface area (Å²) in [5.74, 6) is -0.311. The second-order valence-electron chi connectivity index (χ2n) is 6.65. The van der Waals surface area contributed by atoms with Gasteiger partial charge in [0, 0.05) is 38.8 Å². The molecule has 0 unspecified atom stereocenters. The highest BCUT2D eigenvalue weighted by atomic mass is 16.2. The number of hydrogen-bond donors (Lipinski definition) is 1. The number of carbonyl (C=O) groups is 2. The van der Waals surface area contributed by atoms with Crippen molar-refractivity contribution >= 4 is 11.8 Å². The van der Waals surface area contributed by atoms with Crippen LogP contribution in [0.1, 0.15) is 28.2 Å². The van der Waals surface area contributed by atoms with E-state index < -0.39 is 0 Å². The summed E-state index contributed by atoms with van der Waals surface area (Å²) in [4.78, 5) is 36.7. The zero-order chi connectivity index (χ0) is 19.6. The Morgan fingerprint density at radius 3 is 2.41 bits per heavy atom. The molecule has 7 nitrogen and oxygen atoms in total. The maximum Gasteiger partial charge on any atom is 0.271 e. The van der Waals surface area contributed by atoms with E-state index in [9.17, 15) is 9.59 Å². The fraction of sp³-hybridized carbons (Fsp3) is 0.400. The first kappa shape index (κ1) is 20.5. The molecule has 0 aliphatic carbocycles. The molecule has 0 atom stereocenters. The molecular formula is C20H27N5O2. The molecule has 1 aromatic carbocycles. The molecule has 1 aromatic heterocycles. The van der Waals surface area contributed by atoms with E-state index in [1.54, 1.807) is 6.20 Å². The van der Waals surface area contributed by atoms with Gasteiger partial charge in [0.25, 0.3) is 5.91 Å². The van der Waals surface area contributed by atoms with Gasteiger partial charge >= 0.3 is 0 Å². The minimum Gasteiger partial charge on any atom is -0.350 e. The highest BCUT2D eigenvalue weighted by Crippen LogP contribution is 2.06. The van der Waals surface area contributed by atoms with Crippen molar-refractivity contribution in [3.8, 4) is 0 Å². The summed E-state index contributed by atoms with van der Waals surface area (Å²) in [7, 11) is 3.96. The summed E-state index contributed by atoms with van der Waals surface area (Å²) in [6.45, 7) is 4.05. The van der Waals surface area contributed by atoms with Gasteiger partial charge in [0.2, 0.25) is 5.91 Å². The van der Waals surface area contributed by atoms with Crippen molar-refractivity contribution in [2.24, 2.45) is 0 Å². The van der Waals surface area contributed by atoms with E-state index in [2.05, 4.69) is 15.3 Å². The largest absolute Gasteiger partial charge is 0.350 e. The standard InChI is InChI=1S/C20H27N5O2/c1-16-13-23-18(14-22-16)20(27)21-10-9-19(26)25(12-11-24(2)3)15-17-7-5-4-6-8-17/h4-8,13-14H,9-12,15H2,1-3H3,(H,21,27). The number of nitrogens with one attached hydrogen (secondary N) is 1. The van der Waals surface area contributed by atoms with Crippen molar-refractivity contribution in [3.05, 3.63) is 59.7 Å². The van der Waals surface area contributed by atoms with E-state index >= 15 is 0 Å². The van der Waals surface area contributed by atoms with E-state index in [1.807, 2.05) is 61.2 Å². The molecule has 144 valence electrons. The molecule has 0 aliphatic heterocycles. The van der Waals surface area contributed by atoms with E-state index in [-0.39, 0.29) is 30.5 Å². The van der Waals surface area contributed by atoms with Crippen LogP contribution < -0.4 is 5.32 Å². The minimum atomic E-state index is -0.321. The van der Waals surface area contributed by atoms with Crippen LogP contribution in [0.4, 0.5) is 0 Å². The Morgan fingerprint density at radius 1 is 1.04 bits per heavy atom. The normalized spacial score (nSPS) is 10.7. The van der Waals surface area contributed by atoms with Gasteiger partial charge < -0.3 is 15.1 Å². The van der Waals surface area contributed by atoms with Gasteiger partial charge in [-0.05, 0) is 26.6 Å². The van der Waals surface area contributed by atoms with E-state index in [0.717, 1.165) is 17.8 Å². The molecule has 0 bridgehead atoms. The molecule has 2 amide bonds. The quantitative estimate of drug-likeness (QED) is 0.725. The van der Waals surface area contributed by atoms with Crippen molar-refractivity contribution in [1.29, 1.82) is 0 Å². The zero-order valence-corrected chi connectivity index (χ0v) is 16.2. The topological polar surface area (TPSA) is 78.4 Å². The fourth-order valence-electron chi connectivity index (χ4n) is 2.46. The van der Waals surface area contributed by atoms with Crippen LogP contribution in [0.15, 0.2) is 42.7 Å². The van der Waals surface area contributed by atoms with Gasteiger partial charge in [-0.25, -0.2) is 4.98 Å². The molecule has 0 aliphatic rings. The third-order valence-corrected chi connectivity index (χ3v) is 4.02. The summed E-state index contributed by atoms with van der Waals surface area (Å²) in [5, 5.41) is 2.73. The molecule has 0 fully saturated rings. The second kappa shape index (κ2) is 10.4. The summed E-state index contributed by atoms with van der Waals surface area (Å²) in [6.07, 6.45) is 3.22. The molecule has 0 saturated heterocycles. The number of aromatic nitrogens is 2. The highest BCUT2D eigenvalue weighted by Gasteiger charge is 2.15. The lowest BCUT2D eigenvalue weighted by atomic mass is 10.2. The first-order valence-corrected chi connectivity index (χ1v) is 8.99. The van der Waals surface area contributed by atoms with Crippen LogP contribution in [0.25, 0.3) is 0 Å². The summed E-state index contributed by atoms with van der Waals surface area (Å²) in [5.41, 5.74) is 2.09. The average molecular weight is 369 g/mol. The van der Waals surface area contributed by atoms with Gasteiger partial charge in [0.1, 0.15) is 5.69 Å². The van der Waals surface area contributed by atoms with Crippen molar-refractivity contribution in [2.75, 3.05) is 33.7 Å². The Bertz CT molecular complexity index is 732. The number of aryl methyl sites for hydroxylation is 1. The van der Waals surface area contributed by atoms with Crippen LogP contribution in [0, 0.1) is 6.92 Å². The van der Waals surface area contributed by atoms with Gasteiger partial charge in [-0.2, -0.15) is 0 Å². The number of likely N-dealkylation sites (N-methyl/N-ethyl adjacent to an activating group) is 1. The average Bonchev–Trinajstić information content (AvgIpc) is 2.66. The van der Waals surface area contributed by atoms with Crippen LogP contribution in [0.5, 0.6) is 0 Å². The third-order valence-electron chi connectivity index (χ3n) is 4.02. The number of nitrogens with zero attached hydrogens (tertiary/aromatic N) is 4. The van der Waals surface area contributed by atoms with Crippen molar-refractivity contribution in [2.45, 2.75) is 19.9 Å². The third kappa shape index (κ3) is 7.15. The van der Waals surface area contributed by atoms with Crippen molar-refractivity contribution in [1.82, 2.24) is 25.1 Å². The van der Waals surface area contributed by atoms with Gasteiger partial charge in [0.15, 0.2) is 0 Å². The maximum atomic E-state index is 12.7. The van der Waals surface area contributed by atoms with Gasteiger partial charge in [-0.15, -0.1) is 0 Å². The number of carbonyl (C=O) groups excluding carboxylic acids is 2. The molecule has 1 heterocycles. The van der Waals surface area contributed by atoms with Gasteiger partial charge in [-0.1, -0.05) is 30.3 Å². The van der Waals surface area contributed by atoms with Gasteiger partial charge in [0.05, 0.1) is 11.9 Å². The van der Waals surface area contributed by atoms with Crippen molar-refractivity contribution in [3.63, 3.8) is 0 Å². The van der Waals surface area contributed by atoms with E-state index in [4.69, 9.17) is 0 Å². The smallest absolute Gasteiger partial charge is 0.271 e. The lowest BCUT2D eigenvalue weighted by Crippen LogP contribution is -2.38. The Morgan fingerprint density at radius 2 is 1.78 bits per heavy atom. The Hall–Kier alpha value is -2.80. The molecule has 7 heteroatoms. The molecule has 0 radical (unpaired) electrons. The number of amides is 2. The van der Waals surface area contributed by atoms with Crippen LogP contribution >= 0.6 is 0 Å². The summed E-state index contributed by atoms with van der Waals surface area (Å²) >= 11 is 0. The first-order chi connectivity index (χ1) is 13.0. The molecule has 0 saturated carbocycles. The molecule has 2 aromatic rings. The predicted octanol–water partition coefficient (Wildman–Crippen LogP) is 1.50. The second-order valence-corrected chi connectivity index (χ2v) is 6.65. The number of rotatable bonds is 9. The zero-order valence-electron chi connectivity index (χ0n) is 16.2. The molecule has 27 heavy (non-hydrogen) atoms. The number of hydrogen-bond acceptors (Lipinski definition) is 5. The van der Waals surface area contributed by atoms with Crippen LogP contribution in [0.3, 0.4) is 0 Å². The SMILES string of the molecule is Cc1cnc(C(=O)NCCC(=O)N(CCN(C)C)Cc2ccccc2)cn1.